The van der Waals surface area contributed by atoms with E-state index in [1.54, 1.807) is 7.11 Å². The molecule has 0 spiro atoms. The van der Waals surface area contributed by atoms with Crippen molar-refractivity contribution < 1.29 is 19.1 Å². The van der Waals surface area contributed by atoms with Crippen LogP contribution in [0.4, 0.5) is 0 Å². The first-order chi connectivity index (χ1) is 13.9. The number of nitrogens with one attached hydrogen (secondary N) is 1. The van der Waals surface area contributed by atoms with Gasteiger partial charge in [-0.05, 0) is 30.5 Å². The summed E-state index contributed by atoms with van der Waals surface area (Å²) in [5.41, 5.74) is 0.149. The number of hydrogen-bond acceptors (Lipinski definition) is 4. The SMILES string of the molecule is COc1cccc(CC(=O)N2CCN(C(=O)C3(NC(C)=O)CCCCC3)CC2)c1. The van der Waals surface area contributed by atoms with Crippen LogP contribution < -0.4 is 10.1 Å². The number of carbonyl (C=O) groups is 3. The summed E-state index contributed by atoms with van der Waals surface area (Å²) >= 11 is 0. The second-order valence-corrected chi connectivity index (χ2v) is 8.03. The third-order valence-corrected chi connectivity index (χ3v) is 5.94. The minimum atomic E-state index is -0.767. The minimum Gasteiger partial charge on any atom is -0.497 e. The van der Waals surface area contributed by atoms with E-state index in [1.165, 1.54) is 6.92 Å². The van der Waals surface area contributed by atoms with E-state index in [2.05, 4.69) is 5.32 Å². The Morgan fingerprint density at radius 1 is 1.03 bits per heavy atom. The Bertz CT molecular complexity index is 750. The van der Waals surface area contributed by atoms with E-state index >= 15 is 0 Å². The Kier molecular flexibility index (Phi) is 6.77. The summed E-state index contributed by atoms with van der Waals surface area (Å²) in [5, 5.41) is 2.95. The molecule has 7 heteroatoms. The molecule has 1 aromatic rings. The molecule has 0 unspecified atom stereocenters. The molecule has 1 heterocycles. The molecule has 158 valence electrons. The third-order valence-electron chi connectivity index (χ3n) is 5.94. The lowest BCUT2D eigenvalue weighted by Gasteiger charge is -2.43. The second kappa shape index (κ2) is 9.29. The van der Waals surface area contributed by atoms with Gasteiger partial charge in [0.1, 0.15) is 11.3 Å². The molecule has 1 saturated heterocycles. The molecular formula is C22H31N3O4. The van der Waals surface area contributed by atoms with Crippen molar-refractivity contribution in [3.63, 3.8) is 0 Å². The van der Waals surface area contributed by atoms with Gasteiger partial charge in [-0.2, -0.15) is 0 Å². The molecule has 1 aliphatic carbocycles. The number of nitrogens with zero attached hydrogens (tertiary/aromatic N) is 2. The summed E-state index contributed by atoms with van der Waals surface area (Å²) in [5.74, 6) is 0.640. The summed E-state index contributed by atoms with van der Waals surface area (Å²) < 4.78 is 5.22. The highest BCUT2D eigenvalue weighted by Crippen LogP contribution is 2.30. The van der Waals surface area contributed by atoms with Crippen molar-refractivity contribution in [3.05, 3.63) is 29.8 Å². The van der Waals surface area contributed by atoms with Crippen LogP contribution in [0.1, 0.15) is 44.6 Å². The van der Waals surface area contributed by atoms with Crippen LogP contribution >= 0.6 is 0 Å². The lowest BCUT2D eigenvalue weighted by molar-refractivity contribution is -0.147. The molecule has 1 N–H and O–H groups in total. The first-order valence-corrected chi connectivity index (χ1v) is 10.4. The molecule has 1 saturated carbocycles. The van der Waals surface area contributed by atoms with Gasteiger partial charge >= 0.3 is 0 Å². The van der Waals surface area contributed by atoms with E-state index < -0.39 is 5.54 Å². The van der Waals surface area contributed by atoms with Gasteiger partial charge < -0.3 is 19.9 Å². The predicted molar refractivity (Wildman–Crippen MR) is 109 cm³/mol. The Morgan fingerprint density at radius 2 is 1.69 bits per heavy atom. The smallest absolute Gasteiger partial charge is 0.248 e. The van der Waals surface area contributed by atoms with Crippen LogP contribution in [0.15, 0.2) is 24.3 Å². The second-order valence-electron chi connectivity index (χ2n) is 8.03. The van der Waals surface area contributed by atoms with E-state index in [4.69, 9.17) is 4.74 Å². The third kappa shape index (κ3) is 5.08. The van der Waals surface area contributed by atoms with Crippen LogP contribution in [0.5, 0.6) is 5.75 Å². The highest BCUT2D eigenvalue weighted by atomic mass is 16.5. The molecule has 2 aliphatic rings. The molecule has 0 aromatic heterocycles. The summed E-state index contributed by atoms with van der Waals surface area (Å²) in [6.45, 7) is 3.52. The van der Waals surface area contributed by atoms with Gasteiger partial charge in [-0.25, -0.2) is 0 Å². The fourth-order valence-corrected chi connectivity index (χ4v) is 4.42. The molecule has 3 rings (SSSR count). The van der Waals surface area contributed by atoms with Gasteiger partial charge in [0.05, 0.1) is 13.5 Å². The molecule has 0 radical (unpaired) electrons. The zero-order chi connectivity index (χ0) is 20.9. The topological polar surface area (TPSA) is 79.0 Å². The Labute approximate surface area is 172 Å². The normalized spacial score (nSPS) is 18.8. The Hall–Kier alpha value is -2.57. The van der Waals surface area contributed by atoms with Crippen LogP contribution in [0.3, 0.4) is 0 Å². The van der Waals surface area contributed by atoms with Crippen LogP contribution in [0, 0.1) is 0 Å². The van der Waals surface area contributed by atoms with Crippen LogP contribution in [0.2, 0.25) is 0 Å². The van der Waals surface area contributed by atoms with Crippen molar-refractivity contribution in [1.82, 2.24) is 15.1 Å². The summed E-state index contributed by atoms with van der Waals surface area (Å²) in [6, 6.07) is 7.52. The summed E-state index contributed by atoms with van der Waals surface area (Å²) in [7, 11) is 1.61. The maximum atomic E-state index is 13.2. The number of hydrogen-bond donors (Lipinski definition) is 1. The molecular weight excluding hydrogens is 370 g/mol. The first-order valence-electron chi connectivity index (χ1n) is 10.4. The van der Waals surface area contributed by atoms with Crippen molar-refractivity contribution in [2.45, 2.75) is 51.0 Å². The number of ether oxygens (including phenoxy) is 1. The Balaban J connectivity index is 1.58. The molecule has 2 fully saturated rings. The van der Waals surface area contributed by atoms with Gasteiger partial charge in [-0.15, -0.1) is 0 Å². The van der Waals surface area contributed by atoms with E-state index in [0.717, 1.165) is 30.6 Å². The van der Waals surface area contributed by atoms with Gasteiger partial charge in [-0.1, -0.05) is 31.4 Å². The quantitative estimate of drug-likeness (QED) is 0.815. The van der Waals surface area contributed by atoms with Crippen molar-refractivity contribution in [3.8, 4) is 5.75 Å². The first kappa shape index (κ1) is 21.1. The molecule has 0 atom stereocenters. The number of benzene rings is 1. The molecule has 7 nitrogen and oxygen atoms in total. The van der Waals surface area contributed by atoms with Gasteiger partial charge in [0, 0.05) is 33.1 Å². The molecule has 3 amide bonds. The zero-order valence-electron chi connectivity index (χ0n) is 17.4. The van der Waals surface area contributed by atoms with Crippen LogP contribution in [0.25, 0.3) is 0 Å². The van der Waals surface area contributed by atoms with E-state index in [9.17, 15) is 14.4 Å². The van der Waals surface area contributed by atoms with Crippen LogP contribution in [-0.2, 0) is 20.8 Å². The van der Waals surface area contributed by atoms with Gasteiger partial charge in [0.2, 0.25) is 17.7 Å². The number of methoxy groups -OCH3 is 1. The number of amides is 3. The van der Waals surface area contributed by atoms with Crippen molar-refractivity contribution in [1.29, 1.82) is 0 Å². The Morgan fingerprint density at radius 3 is 2.31 bits per heavy atom. The van der Waals surface area contributed by atoms with E-state index in [-0.39, 0.29) is 17.7 Å². The van der Waals surface area contributed by atoms with E-state index in [1.807, 2.05) is 34.1 Å². The van der Waals surface area contributed by atoms with Gasteiger partial charge in [0.15, 0.2) is 0 Å². The average Bonchev–Trinajstić information content (AvgIpc) is 2.73. The van der Waals surface area contributed by atoms with Crippen molar-refractivity contribution in [2.24, 2.45) is 0 Å². The van der Waals surface area contributed by atoms with Crippen LogP contribution in [-0.4, -0.2) is 66.3 Å². The molecule has 1 aliphatic heterocycles. The molecule has 29 heavy (non-hydrogen) atoms. The van der Waals surface area contributed by atoms with Crippen molar-refractivity contribution >= 4 is 17.7 Å². The number of rotatable bonds is 5. The number of carbonyl (C=O) groups excluding carboxylic acids is 3. The van der Waals surface area contributed by atoms with Gasteiger partial charge in [0.25, 0.3) is 0 Å². The van der Waals surface area contributed by atoms with E-state index in [0.29, 0.717) is 45.4 Å². The maximum Gasteiger partial charge on any atom is 0.248 e. The van der Waals surface area contributed by atoms with Crippen molar-refractivity contribution in [2.75, 3.05) is 33.3 Å². The summed E-state index contributed by atoms with van der Waals surface area (Å²) in [4.78, 5) is 41.3. The zero-order valence-corrected chi connectivity index (χ0v) is 17.4. The highest BCUT2D eigenvalue weighted by Gasteiger charge is 2.43. The standard InChI is InChI=1S/C22H31N3O4/c1-17(26)23-22(9-4-3-5-10-22)21(28)25-13-11-24(12-14-25)20(27)16-18-7-6-8-19(15-18)29-2/h6-8,15H,3-5,9-14,16H2,1-2H3,(H,23,26). The van der Waals surface area contributed by atoms with Gasteiger partial charge in [-0.3, -0.25) is 14.4 Å². The molecule has 1 aromatic carbocycles. The minimum absolute atomic E-state index is 0.00675. The summed E-state index contributed by atoms with van der Waals surface area (Å²) in [6.07, 6.45) is 4.71. The lowest BCUT2D eigenvalue weighted by Crippen LogP contribution is -2.63. The highest BCUT2D eigenvalue weighted by molar-refractivity contribution is 5.91. The fraction of sp³-hybridized carbons (Fsp3) is 0.591. The molecule has 0 bridgehead atoms. The monoisotopic (exact) mass is 401 g/mol. The fourth-order valence-electron chi connectivity index (χ4n) is 4.42. The largest absolute Gasteiger partial charge is 0.497 e. The predicted octanol–water partition coefficient (Wildman–Crippen LogP) is 1.75. The lowest BCUT2D eigenvalue weighted by atomic mass is 9.80. The maximum absolute atomic E-state index is 13.2. The average molecular weight is 402 g/mol. The number of piperazine rings is 1.